The standard InChI is InChI=1S/C18H22O5S.Na/c1-2-3-4-5-7-14-8-6-9-17(18(14)19)23-15-10-12-16(13-11-15)24(20,21)22;/h6,8-13,19H,2-5,7H2,1H3,(H,20,21,22);/q;+1/p-1. The van der Waals surface area contributed by atoms with Gasteiger partial charge in [-0.1, -0.05) is 49.6 Å². The Balaban J connectivity index is 0.00000312. The molecule has 0 saturated heterocycles. The van der Waals surface area contributed by atoms with Gasteiger partial charge in [0.1, 0.15) is 11.5 Å². The summed E-state index contributed by atoms with van der Waals surface area (Å²) in [6, 6.07) is 10.4. The van der Waals surface area contributed by atoms with Gasteiger partial charge in [0.15, 0.2) is 0 Å². The van der Waals surface area contributed by atoms with Crippen molar-refractivity contribution in [1.82, 2.24) is 0 Å². The predicted molar refractivity (Wildman–Crippen MR) is 90.1 cm³/mol. The van der Waals surface area contributed by atoms with Crippen LogP contribution in [0.15, 0.2) is 47.4 Å². The first-order valence-electron chi connectivity index (χ1n) is 7.96. The van der Waals surface area contributed by atoms with Crippen molar-refractivity contribution in [2.24, 2.45) is 0 Å². The quantitative estimate of drug-likeness (QED) is 0.423. The average molecular weight is 372 g/mol. The Bertz CT molecular complexity index is 773. The van der Waals surface area contributed by atoms with Crippen molar-refractivity contribution in [3.8, 4) is 17.2 Å². The second-order valence-electron chi connectivity index (χ2n) is 5.60. The van der Waals surface area contributed by atoms with Crippen LogP contribution in [0.1, 0.15) is 38.2 Å². The minimum absolute atomic E-state index is 0. The molecule has 0 heterocycles. The molecule has 0 amide bonds. The number of ether oxygens (including phenoxy) is 1. The van der Waals surface area contributed by atoms with Crippen LogP contribution in [0.25, 0.3) is 0 Å². The summed E-state index contributed by atoms with van der Waals surface area (Å²) in [5.74, 6) is 0.401. The summed E-state index contributed by atoms with van der Waals surface area (Å²) in [7, 11) is -4.24. The van der Waals surface area contributed by atoms with E-state index in [2.05, 4.69) is 6.92 Å². The summed E-state index contributed by atoms with van der Waals surface area (Å²) in [5.41, 5.74) is 0.721. The molecular weight excluding hydrogens is 351 g/mol. The number of benzene rings is 2. The van der Waals surface area contributed by atoms with Gasteiger partial charge >= 0.3 is 29.6 Å². The first-order valence-corrected chi connectivity index (χ1v) is 9.40. The fourth-order valence-electron chi connectivity index (χ4n) is 2.39. The van der Waals surface area contributed by atoms with Crippen LogP contribution in [0.3, 0.4) is 0 Å². The molecule has 0 radical (unpaired) electrons. The molecule has 0 aromatic heterocycles. The molecule has 7 heteroatoms. The summed E-state index contributed by atoms with van der Waals surface area (Å²) < 4.78 is 36.5. The van der Waals surface area contributed by atoms with Crippen LogP contribution >= 0.6 is 0 Å². The van der Waals surface area contributed by atoms with Gasteiger partial charge in [-0.15, -0.1) is 0 Å². The molecular formula is C18H21NaO5S. The molecule has 0 spiro atoms. The van der Waals surface area contributed by atoms with Crippen molar-refractivity contribution in [3.05, 3.63) is 48.0 Å². The Hall–Kier alpha value is -1.05. The Morgan fingerprint density at radius 3 is 2.32 bits per heavy atom. The number of hydrogen-bond donors (Lipinski definition) is 1. The van der Waals surface area contributed by atoms with E-state index in [-0.39, 0.29) is 46.0 Å². The van der Waals surface area contributed by atoms with E-state index in [0.29, 0.717) is 5.75 Å². The van der Waals surface area contributed by atoms with E-state index in [1.54, 1.807) is 12.1 Å². The molecule has 0 saturated carbocycles. The van der Waals surface area contributed by atoms with Gasteiger partial charge in [0, 0.05) is 0 Å². The summed E-state index contributed by atoms with van der Waals surface area (Å²) in [6.07, 6.45) is 5.09. The Kier molecular flexibility index (Phi) is 8.96. The van der Waals surface area contributed by atoms with Crippen LogP contribution in [0, 0.1) is 0 Å². The number of para-hydroxylation sites is 1. The molecule has 0 fully saturated rings. The first-order chi connectivity index (χ1) is 11.4. The molecule has 130 valence electrons. The number of hydrogen-bond acceptors (Lipinski definition) is 4. The molecule has 2 aromatic rings. The third kappa shape index (κ3) is 6.64. The minimum Gasteiger partial charge on any atom is -0.870 e. The molecule has 2 aromatic carbocycles. The fraction of sp³-hybridized carbons (Fsp3) is 0.333. The molecule has 0 bridgehead atoms. The Labute approximate surface area is 171 Å². The predicted octanol–water partition coefficient (Wildman–Crippen LogP) is 0.926. The van der Waals surface area contributed by atoms with Crippen molar-refractivity contribution >= 4 is 10.1 Å². The van der Waals surface area contributed by atoms with Crippen LogP contribution in [-0.2, 0) is 16.5 Å². The fourth-order valence-corrected chi connectivity index (χ4v) is 2.87. The Morgan fingerprint density at radius 2 is 1.72 bits per heavy atom. The first kappa shape index (κ1) is 22.0. The van der Waals surface area contributed by atoms with Gasteiger partial charge in [-0.3, -0.25) is 4.55 Å². The molecule has 5 nitrogen and oxygen atoms in total. The summed E-state index contributed by atoms with van der Waals surface area (Å²) in [5, 5.41) is 12.4. The largest absolute Gasteiger partial charge is 1.00 e. The van der Waals surface area contributed by atoms with Crippen LogP contribution in [0.5, 0.6) is 17.2 Å². The van der Waals surface area contributed by atoms with Gasteiger partial charge in [-0.2, -0.15) is 8.42 Å². The van der Waals surface area contributed by atoms with E-state index >= 15 is 0 Å². The van der Waals surface area contributed by atoms with Gasteiger partial charge in [0.25, 0.3) is 10.1 Å². The van der Waals surface area contributed by atoms with E-state index < -0.39 is 10.1 Å². The van der Waals surface area contributed by atoms with E-state index in [4.69, 9.17) is 9.29 Å². The smallest absolute Gasteiger partial charge is 0.870 e. The van der Waals surface area contributed by atoms with Crippen molar-refractivity contribution in [2.45, 2.75) is 43.9 Å². The molecule has 0 atom stereocenters. The van der Waals surface area contributed by atoms with Crippen molar-refractivity contribution in [2.75, 3.05) is 0 Å². The van der Waals surface area contributed by atoms with Gasteiger partial charge in [0.05, 0.1) is 4.90 Å². The molecule has 25 heavy (non-hydrogen) atoms. The zero-order valence-corrected chi connectivity index (χ0v) is 17.4. The third-order valence-electron chi connectivity index (χ3n) is 3.71. The topological polar surface area (TPSA) is 86.7 Å². The molecule has 1 N–H and O–H groups in total. The normalized spacial score (nSPS) is 11.0. The van der Waals surface area contributed by atoms with E-state index in [9.17, 15) is 13.5 Å². The van der Waals surface area contributed by atoms with Gasteiger partial charge in [-0.05, 0) is 43.2 Å². The van der Waals surface area contributed by atoms with Crippen molar-refractivity contribution in [1.29, 1.82) is 0 Å². The maximum Gasteiger partial charge on any atom is 1.00 e. The summed E-state index contributed by atoms with van der Waals surface area (Å²) >= 11 is 0. The Morgan fingerprint density at radius 1 is 1.04 bits per heavy atom. The number of rotatable bonds is 8. The molecule has 2 rings (SSSR count). The molecule has 0 aliphatic rings. The van der Waals surface area contributed by atoms with Gasteiger partial charge < -0.3 is 9.84 Å². The number of unbranched alkanes of at least 4 members (excludes halogenated alkanes) is 3. The van der Waals surface area contributed by atoms with E-state index in [0.717, 1.165) is 37.7 Å². The van der Waals surface area contributed by atoms with Crippen LogP contribution < -0.4 is 39.4 Å². The zero-order chi connectivity index (χ0) is 17.6. The van der Waals surface area contributed by atoms with E-state index in [1.165, 1.54) is 24.3 Å². The SMILES string of the molecule is CCCCCCc1cccc(Oc2ccc(S(=O)(=O)O)cc2)c1[O-].[Na+]. The minimum atomic E-state index is -4.24. The van der Waals surface area contributed by atoms with Crippen LogP contribution in [0.2, 0.25) is 0 Å². The van der Waals surface area contributed by atoms with Crippen molar-refractivity contribution < 1.29 is 52.4 Å². The van der Waals surface area contributed by atoms with Crippen LogP contribution in [0.4, 0.5) is 0 Å². The maximum atomic E-state index is 12.4. The molecule has 0 aliphatic heterocycles. The number of aryl methyl sites for hydroxylation is 1. The van der Waals surface area contributed by atoms with Gasteiger partial charge in [0.2, 0.25) is 0 Å². The monoisotopic (exact) mass is 372 g/mol. The van der Waals surface area contributed by atoms with E-state index in [1.807, 2.05) is 6.07 Å². The van der Waals surface area contributed by atoms with Crippen molar-refractivity contribution in [3.63, 3.8) is 0 Å². The molecule has 0 unspecified atom stereocenters. The van der Waals surface area contributed by atoms with Gasteiger partial charge in [-0.25, -0.2) is 0 Å². The summed E-state index contributed by atoms with van der Waals surface area (Å²) in [6.45, 7) is 2.14. The zero-order valence-electron chi connectivity index (χ0n) is 14.6. The second-order valence-corrected chi connectivity index (χ2v) is 7.03. The second kappa shape index (κ2) is 10.2. The molecule has 0 aliphatic carbocycles. The van der Waals surface area contributed by atoms with Crippen LogP contribution in [-0.4, -0.2) is 13.0 Å². The average Bonchev–Trinajstić information content (AvgIpc) is 2.54. The third-order valence-corrected chi connectivity index (χ3v) is 4.58. The summed E-state index contributed by atoms with van der Waals surface area (Å²) in [4.78, 5) is -0.220. The maximum absolute atomic E-state index is 12.4.